The molecule has 1 fully saturated rings. The van der Waals surface area contributed by atoms with E-state index in [1.807, 2.05) is 27.7 Å². The second kappa shape index (κ2) is 5.64. The summed E-state index contributed by atoms with van der Waals surface area (Å²) in [6, 6.07) is 0. The first kappa shape index (κ1) is 13.5. The number of carbonyl (C=O) groups excluding carboxylic acids is 1. The molecule has 4 heteroatoms. The van der Waals surface area contributed by atoms with Crippen LogP contribution >= 0.6 is 0 Å². The Morgan fingerprint density at radius 1 is 1.38 bits per heavy atom. The van der Waals surface area contributed by atoms with Crippen LogP contribution in [0.2, 0.25) is 0 Å². The molecule has 0 radical (unpaired) electrons. The molecule has 1 aliphatic rings. The summed E-state index contributed by atoms with van der Waals surface area (Å²) in [5.41, 5.74) is -0.554. The minimum atomic E-state index is -0.554. The maximum atomic E-state index is 12.1. The lowest BCUT2D eigenvalue weighted by molar-refractivity contribution is -0.161. The Balaban J connectivity index is 2.81. The highest BCUT2D eigenvalue weighted by atomic mass is 16.5. The zero-order valence-corrected chi connectivity index (χ0v) is 10.7. The van der Waals surface area contributed by atoms with Gasteiger partial charge in [0.15, 0.2) is 0 Å². The van der Waals surface area contributed by atoms with Gasteiger partial charge < -0.3 is 14.8 Å². The summed E-state index contributed by atoms with van der Waals surface area (Å²) >= 11 is 0. The Morgan fingerprint density at radius 3 is 2.38 bits per heavy atom. The summed E-state index contributed by atoms with van der Waals surface area (Å²) in [6.07, 6.45) is 1.55. The molecule has 94 valence electrons. The summed E-state index contributed by atoms with van der Waals surface area (Å²) in [4.78, 5) is 12.1. The number of carbonyl (C=O) groups is 1. The molecule has 2 unspecified atom stereocenters. The van der Waals surface area contributed by atoms with Crippen LogP contribution in [-0.4, -0.2) is 36.9 Å². The highest BCUT2D eigenvalue weighted by Crippen LogP contribution is 2.30. The second-order valence-corrected chi connectivity index (χ2v) is 4.50. The SMILES string of the molecule is CCNC1(C(=O)OCC)CC(C)OC(C)C1. The third-order valence-corrected chi connectivity index (χ3v) is 2.92. The van der Waals surface area contributed by atoms with Gasteiger partial charge in [-0.1, -0.05) is 6.92 Å². The summed E-state index contributed by atoms with van der Waals surface area (Å²) < 4.78 is 10.8. The summed E-state index contributed by atoms with van der Waals surface area (Å²) in [5.74, 6) is -0.140. The van der Waals surface area contributed by atoms with Crippen LogP contribution in [0.4, 0.5) is 0 Å². The van der Waals surface area contributed by atoms with Crippen LogP contribution in [0.3, 0.4) is 0 Å². The molecule has 0 saturated carbocycles. The molecule has 1 N–H and O–H groups in total. The van der Waals surface area contributed by atoms with Crippen LogP contribution < -0.4 is 5.32 Å². The Labute approximate surface area is 97.7 Å². The van der Waals surface area contributed by atoms with Crippen molar-refractivity contribution in [3.63, 3.8) is 0 Å². The van der Waals surface area contributed by atoms with Crippen molar-refractivity contribution in [2.75, 3.05) is 13.2 Å². The normalized spacial score (nSPS) is 34.8. The van der Waals surface area contributed by atoms with E-state index in [1.54, 1.807) is 0 Å². The van der Waals surface area contributed by atoms with Crippen molar-refractivity contribution in [2.24, 2.45) is 0 Å². The number of esters is 1. The van der Waals surface area contributed by atoms with Gasteiger partial charge in [0.25, 0.3) is 0 Å². The first-order chi connectivity index (χ1) is 7.54. The second-order valence-electron chi connectivity index (χ2n) is 4.50. The fraction of sp³-hybridized carbons (Fsp3) is 0.917. The topological polar surface area (TPSA) is 47.6 Å². The van der Waals surface area contributed by atoms with Gasteiger partial charge in [-0.15, -0.1) is 0 Å². The van der Waals surface area contributed by atoms with Gasteiger partial charge in [-0.3, -0.25) is 4.79 Å². The molecule has 0 aromatic carbocycles. The van der Waals surface area contributed by atoms with E-state index in [4.69, 9.17) is 9.47 Å². The van der Waals surface area contributed by atoms with Crippen LogP contribution in [0.25, 0.3) is 0 Å². The molecule has 1 aliphatic heterocycles. The highest BCUT2D eigenvalue weighted by Gasteiger charge is 2.45. The van der Waals surface area contributed by atoms with Crippen LogP contribution in [0, 0.1) is 0 Å². The zero-order chi connectivity index (χ0) is 12.2. The number of rotatable bonds is 4. The average Bonchev–Trinajstić information content (AvgIpc) is 2.16. The summed E-state index contributed by atoms with van der Waals surface area (Å²) in [7, 11) is 0. The van der Waals surface area contributed by atoms with E-state index in [2.05, 4.69) is 5.32 Å². The van der Waals surface area contributed by atoms with Crippen LogP contribution in [-0.2, 0) is 14.3 Å². The first-order valence-electron chi connectivity index (χ1n) is 6.11. The molecule has 1 heterocycles. The number of hydrogen-bond acceptors (Lipinski definition) is 4. The first-order valence-corrected chi connectivity index (χ1v) is 6.11. The van der Waals surface area contributed by atoms with Gasteiger partial charge in [0, 0.05) is 12.8 Å². The molecule has 0 aromatic rings. The van der Waals surface area contributed by atoms with Gasteiger partial charge in [0.05, 0.1) is 18.8 Å². The van der Waals surface area contributed by atoms with Crippen molar-refractivity contribution in [3.8, 4) is 0 Å². The van der Waals surface area contributed by atoms with E-state index in [0.29, 0.717) is 19.4 Å². The van der Waals surface area contributed by atoms with E-state index in [9.17, 15) is 4.79 Å². The van der Waals surface area contributed by atoms with Gasteiger partial charge in [-0.2, -0.15) is 0 Å². The van der Waals surface area contributed by atoms with Gasteiger partial charge in [-0.25, -0.2) is 0 Å². The smallest absolute Gasteiger partial charge is 0.326 e. The predicted octanol–water partition coefficient (Wildman–Crippen LogP) is 1.49. The zero-order valence-electron chi connectivity index (χ0n) is 10.7. The third-order valence-electron chi connectivity index (χ3n) is 2.92. The Kier molecular flexibility index (Phi) is 4.74. The van der Waals surface area contributed by atoms with E-state index < -0.39 is 5.54 Å². The van der Waals surface area contributed by atoms with E-state index >= 15 is 0 Å². The Morgan fingerprint density at radius 2 is 1.94 bits per heavy atom. The van der Waals surface area contributed by atoms with E-state index in [0.717, 1.165) is 6.54 Å². The fourth-order valence-electron chi connectivity index (χ4n) is 2.55. The maximum absolute atomic E-state index is 12.1. The lowest BCUT2D eigenvalue weighted by Crippen LogP contribution is -2.59. The highest BCUT2D eigenvalue weighted by molar-refractivity contribution is 5.81. The van der Waals surface area contributed by atoms with E-state index in [-0.39, 0.29) is 18.2 Å². The molecule has 1 saturated heterocycles. The monoisotopic (exact) mass is 229 g/mol. The minimum absolute atomic E-state index is 0.0900. The number of likely N-dealkylation sites (N-methyl/N-ethyl adjacent to an activating group) is 1. The lowest BCUT2D eigenvalue weighted by atomic mass is 9.84. The van der Waals surface area contributed by atoms with Gasteiger partial charge in [0.2, 0.25) is 0 Å². The summed E-state index contributed by atoms with van der Waals surface area (Å²) in [6.45, 7) is 9.03. The largest absolute Gasteiger partial charge is 0.465 e. The molecule has 4 nitrogen and oxygen atoms in total. The van der Waals surface area contributed by atoms with Crippen molar-refractivity contribution < 1.29 is 14.3 Å². The van der Waals surface area contributed by atoms with Gasteiger partial charge >= 0.3 is 5.97 Å². The molecule has 0 aromatic heterocycles. The molecule has 16 heavy (non-hydrogen) atoms. The lowest BCUT2D eigenvalue weighted by Gasteiger charge is -2.41. The molecular weight excluding hydrogens is 206 g/mol. The molecule has 1 rings (SSSR count). The van der Waals surface area contributed by atoms with Crippen molar-refractivity contribution >= 4 is 5.97 Å². The van der Waals surface area contributed by atoms with Gasteiger partial charge in [0.1, 0.15) is 5.54 Å². The average molecular weight is 229 g/mol. The Hall–Kier alpha value is -0.610. The number of ether oxygens (including phenoxy) is 2. The third kappa shape index (κ3) is 2.95. The summed E-state index contributed by atoms with van der Waals surface area (Å²) in [5, 5.41) is 3.29. The molecule has 0 bridgehead atoms. The molecule has 0 spiro atoms. The van der Waals surface area contributed by atoms with Crippen molar-refractivity contribution in [2.45, 2.75) is 58.3 Å². The molecule has 0 aliphatic carbocycles. The maximum Gasteiger partial charge on any atom is 0.326 e. The van der Waals surface area contributed by atoms with Crippen molar-refractivity contribution in [1.29, 1.82) is 0 Å². The molecule has 2 atom stereocenters. The van der Waals surface area contributed by atoms with Crippen molar-refractivity contribution in [3.05, 3.63) is 0 Å². The van der Waals surface area contributed by atoms with Gasteiger partial charge in [-0.05, 0) is 27.3 Å². The Bertz CT molecular complexity index is 232. The molecular formula is C12H23NO3. The fourth-order valence-corrected chi connectivity index (χ4v) is 2.55. The van der Waals surface area contributed by atoms with Crippen molar-refractivity contribution in [1.82, 2.24) is 5.32 Å². The predicted molar refractivity (Wildman–Crippen MR) is 62.3 cm³/mol. The van der Waals surface area contributed by atoms with Crippen LogP contribution in [0.1, 0.15) is 40.5 Å². The molecule has 0 amide bonds. The number of nitrogens with one attached hydrogen (secondary N) is 1. The van der Waals surface area contributed by atoms with Crippen LogP contribution in [0.5, 0.6) is 0 Å². The standard InChI is InChI=1S/C12H23NO3/c1-5-13-12(11(14)15-6-2)7-9(3)16-10(4)8-12/h9-10,13H,5-8H2,1-4H3. The number of hydrogen-bond donors (Lipinski definition) is 1. The minimum Gasteiger partial charge on any atom is -0.465 e. The quantitative estimate of drug-likeness (QED) is 0.742. The van der Waals surface area contributed by atoms with E-state index in [1.165, 1.54) is 0 Å². The van der Waals surface area contributed by atoms with Crippen LogP contribution in [0.15, 0.2) is 0 Å².